The van der Waals surface area contributed by atoms with Crippen LogP contribution in [0.4, 0.5) is 34.1 Å². The minimum absolute atomic E-state index is 0.0227. The summed E-state index contributed by atoms with van der Waals surface area (Å²) in [4.78, 5) is 3.92. The summed E-state index contributed by atoms with van der Waals surface area (Å²) in [6.07, 6.45) is 0.620. The minimum atomic E-state index is -4.79. The molecule has 0 fully saturated rings. The molecular formula is C36H33N9O14S4. The van der Waals surface area contributed by atoms with Crippen molar-refractivity contribution in [2.75, 3.05) is 18.6 Å². The van der Waals surface area contributed by atoms with E-state index < -0.39 is 51.6 Å². The number of imidazole rings is 1. The highest BCUT2D eigenvalue weighted by atomic mass is 32.2. The molecule has 330 valence electrons. The number of aromatic nitrogens is 2. The maximum atomic E-state index is 12.3. The maximum absolute atomic E-state index is 12.3. The zero-order valence-electron chi connectivity index (χ0n) is 32.7. The molecule has 0 saturated carbocycles. The summed E-state index contributed by atoms with van der Waals surface area (Å²) in [5, 5.41) is 46.3. The van der Waals surface area contributed by atoms with Gasteiger partial charge in [0.15, 0.2) is 11.3 Å². The Morgan fingerprint density at radius 1 is 0.762 bits per heavy atom. The van der Waals surface area contributed by atoms with Crippen LogP contribution in [-0.2, 0) is 41.0 Å². The predicted molar refractivity (Wildman–Crippen MR) is 224 cm³/mol. The van der Waals surface area contributed by atoms with Gasteiger partial charge in [-0.05, 0) is 74.4 Å². The van der Waals surface area contributed by atoms with Gasteiger partial charge in [0.05, 0.1) is 46.7 Å². The largest absolute Gasteiger partial charge is 0.493 e. The van der Waals surface area contributed by atoms with Crippen molar-refractivity contribution in [3.63, 3.8) is 0 Å². The van der Waals surface area contributed by atoms with Crippen LogP contribution in [0.5, 0.6) is 11.6 Å². The van der Waals surface area contributed by atoms with E-state index >= 15 is 0 Å². The number of nitriles is 1. The van der Waals surface area contributed by atoms with E-state index in [1.165, 1.54) is 28.7 Å². The number of ether oxygens (including phenoxy) is 1. The van der Waals surface area contributed by atoms with E-state index in [-0.39, 0.29) is 64.3 Å². The molecule has 2 heterocycles. The SMILES string of the molecule is CS(=O)(=O)O.Cc1cc(N=Nc2c(C)c(C#N)c3nc4ccccc4n3c2O)c(OCCCS(=O)(=O)O)cc1N=Nc1ccc(N=Nc2ccccc2)cc1S(=O)(=O)O.O=S(=O)=O. The molecule has 6 rings (SSSR count). The number of aromatic hydroxyl groups is 1. The van der Waals surface area contributed by atoms with Crippen molar-refractivity contribution in [3.8, 4) is 17.7 Å². The number of benzene rings is 4. The first-order chi connectivity index (χ1) is 29.5. The van der Waals surface area contributed by atoms with Gasteiger partial charge in [0, 0.05) is 11.6 Å². The number of pyridine rings is 1. The lowest BCUT2D eigenvalue weighted by Crippen LogP contribution is -2.08. The Balaban J connectivity index is 0.000000881. The van der Waals surface area contributed by atoms with E-state index in [1.54, 1.807) is 68.4 Å². The highest BCUT2D eigenvalue weighted by Gasteiger charge is 2.21. The summed E-state index contributed by atoms with van der Waals surface area (Å²) >= 11 is 0. The Hall–Kier alpha value is -6.93. The van der Waals surface area contributed by atoms with Crippen LogP contribution in [0, 0.1) is 25.2 Å². The van der Waals surface area contributed by atoms with Gasteiger partial charge in [-0.1, -0.05) is 30.3 Å². The number of hydrogen-bond donors (Lipinski definition) is 4. The summed E-state index contributed by atoms with van der Waals surface area (Å²) in [6.45, 7) is 3.04. The number of hydrogen-bond acceptors (Lipinski definition) is 19. The molecule has 0 unspecified atom stereocenters. The summed E-state index contributed by atoms with van der Waals surface area (Å²) in [7, 11) is -15.8. The lowest BCUT2D eigenvalue weighted by molar-refractivity contribution is 0.317. The van der Waals surface area contributed by atoms with Crippen LogP contribution in [0.25, 0.3) is 16.7 Å². The van der Waals surface area contributed by atoms with Crippen molar-refractivity contribution in [3.05, 3.63) is 102 Å². The number of fused-ring (bicyclic) bond motifs is 3. The van der Waals surface area contributed by atoms with Gasteiger partial charge < -0.3 is 9.84 Å². The van der Waals surface area contributed by atoms with E-state index in [0.29, 0.717) is 34.1 Å². The second kappa shape index (κ2) is 20.8. The summed E-state index contributed by atoms with van der Waals surface area (Å²) in [6, 6.07) is 24.6. The molecule has 23 nitrogen and oxygen atoms in total. The van der Waals surface area contributed by atoms with Crippen molar-refractivity contribution in [2.45, 2.75) is 25.2 Å². The number of aryl methyl sites for hydroxylation is 1. The molecule has 0 bridgehead atoms. The van der Waals surface area contributed by atoms with Gasteiger partial charge >= 0.3 is 10.6 Å². The van der Waals surface area contributed by atoms with Crippen LogP contribution < -0.4 is 4.74 Å². The summed E-state index contributed by atoms with van der Waals surface area (Å²) in [5.74, 6) is -0.865. The fourth-order valence-electron chi connectivity index (χ4n) is 5.28. The third kappa shape index (κ3) is 14.3. The first-order valence-corrected chi connectivity index (χ1v) is 23.2. The average Bonchev–Trinajstić information content (AvgIpc) is 3.57. The number of para-hydroxylation sites is 2. The minimum Gasteiger partial charge on any atom is -0.493 e. The Kier molecular flexibility index (Phi) is 16.1. The van der Waals surface area contributed by atoms with Crippen molar-refractivity contribution in [2.24, 2.45) is 30.7 Å². The Morgan fingerprint density at radius 2 is 1.35 bits per heavy atom. The van der Waals surface area contributed by atoms with E-state index in [0.717, 1.165) is 6.07 Å². The van der Waals surface area contributed by atoms with E-state index in [1.807, 2.05) is 0 Å². The molecule has 0 aliphatic rings. The van der Waals surface area contributed by atoms with Crippen LogP contribution in [0.15, 0.2) is 121 Å². The normalized spacial score (nSPS) is 12.0. The monoisotopic (exact) mass is 943 g/mol. The highest BCUT2D eigenvalue weighted by Crippen LogP contribution is 2.41. The van der Waals surface area contributed by atoms with E-state index in [9.17, 15) is 40.2 Å². The molecule has 63 heavy (non-hydrogen) atoms. The van der Waals surface area contributed by atoms with Crippen LogP contribution in [0.1, 0.15) is 23.1 Å². The van der Waals surface area contributed by atoms with Gasteiger partial charge in [0.1, 0.15) is 33.7 Å². The zero-order valence-corrected chi connectivity index (χ0v) is 36.0. The second-order valence-electron chi connectivity index (χ2n) is 12.6. The van der Waals surface area contributed by atoms with Crippen molar-refractivity contribution >= 4 is 91.8 Å². The molecule has 0 radical (unpaired) electrons. The Morgan fingerprint density at radius 3 is 1.97 bits per heavy atom. The maximum Gasteiger partial charge on any atom is 0.425 e. The Labute approximate surface area is 360 Å². The van der Waals surface area contributed by atoms with Crippen LogP contribution in [-0.4, -0.2) is 84.6 Å². The molecule has 4 N–H and O–H groups in total. The third-order valence-electron chi connectivity index (χ3n) is 7.91. The van der Waals surface area contributed by atoms with Gasteiger partial charge in [-0.25, -0.2) is 4.98 Å². The smallest absolute Gasteiger partial charge is 0.425 e. The number of azo groups is 3. The molecule has 0 atom stereocenters. The molecule has 27 heteroatoms. The molecule has 0 amide bonds. The molecule has 6 aromatic rings. The molecule has 4 aromatic carbocycles. The summed E-state index contributed by atoms with van der Waals surface area (Å²) < 4.78 is 125. The quantitative estimate of drug-likeness (QED) is 0.0529. The van der Waals surface area contributed by atoms with Gasteiger partial charge in [-0.2, -0.15) is 45.9 Å². The Bertz CT molecular complexity index is 3270. The average molecular weight is 944 g/mol. The lowest BCUT2D eigenvalue weighted by Gasteiger charge is -2.12. The number of rotatable bonds is 12. The molecule has 0 aliphatic heterocycles. The van der Waals surface area contributed by atoms with Gasteiger partial charge in [0.25, 0.3) is 30.4 Å². The van der Waals surface area contributed by atoms with Gasteiger partial charge in [-0.15, -0.1) is 28.0 Å². The van der Waals surface area contributed by atoms with Crippen molar-refractivity contribution in [1.82, 2.24) is 9.38 Å². The van der Waals surface area contributed by atoms with Crippen LogP contribution in [0.3, 0.4) is 0 Å². The van der Waals surface area contributed by atoms with E-state index in [2.05, 4.69) is 41.7 Å². The molecular weight excluding hydrogens is 911 g/mol. The lowest BCUT2D eigenvalue weighted by atomic mass is 10.1. The molecule has 0 aliphatic carbocycles. The van der Waals surface area contributed by atoms with Crippen molar-refractivity contribution < 1.29 is 61.4 Å². The van der Waals surface area contributed by atoms with E-state index in [4.69, 9.17) is 26.5 Å². The molecule has 0 saturated heterocycles. The first-order valence-electron chi connectivity index (χ1n) is 17.3. The topological polar surface area (TPSA) is 359 Å². The fraction of sp³-hybridized carbons (Fsp3) is 0.167. The third-order valence-corrected chi connectivity index (χ3v) is 9.60. The highest BCUT2D eigenvalue weighted by molar-refractivity contribution is 7.86. The van der Waals surface area contributed by atoms with Crippen LogP contribution >= 0.6 is 0 Å². The zero-order chi connectivity index (χ0) is 46.7. The first kappa shape index (κ1) is 48.7. The van der Waals surface area contributed by atoms with Crippen LogP contribution in [0.2, 0.25) is 0 Å². The second-order valence-corrected chi connectivity index (χ2v) is 17.5. The number of nitrogens with zero attached hydrogens (tertiary/aromatic N) is 9. The summed E-state index contributed by atoms with van der Waals surface area (Å²) in [5.41, 5.74) is 2.95. The molecule has 0 spiro atoms. The predicted octanol–water partition coefficient (Wildman–Crippen LogP) is 7.33. The van der Waals surface area contributed by atoms with Gasteiger partial charge in [0.2, 0.25) is 5.88 Å². The van der Waals surface area contributed by atoms with Crippen molar-refractivity contribution in [1.29, 1.82) is 5.26 Å². The fourth-order valence-corrected chi connectivity index (χ4v) is 6.41. The standard InChI is InChI=1S/C35H29N9O8S2.CH4O3S.O3S/c1-21-17-29(42-43-33-22(2)25(20-36)34-37-26-11-6-7-12-30(26)44(34)35(33)45)31(52-15-8-16-53(46,47)48)19-28(21)41-40-27-14-13-24(18-32(27)54(49,50)51)39-38-23-9-4-3-5-10-23;1-5(2,3)4;1-4(2)3/h3-7,9-14,17-19,45H,8,15-16H2,1-2H3,(H,46,47,48)(H,49,50,51);1H3,(H,2,3,4);. The molecule has 2 aromatic heterocycles. The van der Waals surface area contributed by atoms with Gasteiger partial charge in [-0.3, -0.25) is 18.1 Å².